The van der Waals surface area contributed by atoms with Crippen molar-refractivity contribution < 1.29 is 4.92 Å². The van der Waals surface area contributed by atoms with Gasteiger partial charge in [0, 0.05) is 30.1 Å². The Bertz CT molecular complexity index is 592. The molecule has 100 valence electrons. The van der Waals surface area contributed by atoms with Gasteiger partial charge in [0.15, 0.2) is 0 Å². The predicted molar refractivity (Wildman–Crippen MR) is 73.3 cm³/mol. The fourth-order valence-corrected chi connectivity index (χ4v) is 1.87. The quantitative estimate of drug-likeness (QED) is 0.662. The van der Waals surface area contributed by atoms with Crippen LogP contribution in [0.2, 0.25) is 0 Å². The highest BCUT2D eigenvalue weighted by molar-refractivity contribution is 5.53. The van der Waals surface area contributed by atoms with E-state index in [1.54, 1.807) is 19.1 Å². The third-order valence-electron chi connectivity index (χ3n) is 2.83. The van der Waals surface area contributed by atoms with E-state index in [9.17, 15) is 10.1 Å². The van der Waals surface area contributed by atoms with Crippen LogP contribution >= 0.6 is 0 Å². The highest BCUT2D eigenvalue weighted by Gasteiger charge is 2.09. The Labute approximate surface area is 111 Å². The van der Waals surface area contributed by atoms with Crippen LogP contribution in [0.3, 0.4) is 0 Å². The summed E-state index contributed by atoms with van der Waals surface area (Å²) >= 11 is 0. The smallest absolute Gasteiger partial charge is 0.272 e. The maximum absolute atomic E-state index is 10.7. The molecule has 0 radical (unpaired) electrons. The highest BCUT2D eigenvalue weighted by atomic mass is 16.6. The lowest BCUT2D eigenvalue weighted by molar-refractivity contribution is -0.385. The van der Waals surface area contributed by atoms with E-state index in [0.717, 1.165) is 24.3 Å². The molecule has 0 fully saturated rings. The van der Waals surface area contributed by atoms with Gasteiger partial charge >= 0.3 is 0 Å². The van der Waals surface area contributed by atoms with Crippen LogP contribution in [-0.2, 0) is 6.54 Å². The summed E-state index contributed by atoms with van der Waals surface area (Å²) in [7, 11) is 0. The second-order valence-corrected chi connectivity index (χ2v) is 4.47. The molecule has 0 atom stereocenters. The van der Waals surface area contributed by atoms with Crippen molar-refractivity contribution in [2.75, 3.05) is 11.9 Å². The number of hydrogen-bond acceptors (Lipinski definition) is 4. The van der Waals surface area contributed by atoms with Crippen LogP contribution < -0.4 is 5.32 Å². The van der Waals surface area contributed by atoms with Crippen LogP contribution in [0.4, 0.5) is 11.4 Å². The second-order valence-electron chi connectivity index (χ2n) is 4.47. The molecular formula is C13H16N4O2. The molecule has 0 spiro atoms. The molecule has 1 N–H and O–H groups in total. The molecule has 2 aromatic rings. The van der Waals surface area contributed by atoms with Crippen molar-refractivity contribution in [2.45, 2.75) is 20.4 Å². The number of nitro benzene ring substituents is 1. The van der Waals surface area contributed by atoms with Crippen molar-refractivity contribution in [3.05, 3.63) is 51.8 Å². The van der Waals surface area contributed by atoms with Gasteiger partial charge in [0.1, 0.15) is 0 Å². The Balaban J connectivity index is 1.93. The van der Waals surface area contributed by atoms with E-state index < -0.39 is 0 Å². The SMILES string of the molecule is Cc1cnn(CCNc2ccc([N+](=O)[O-])c(C)c2)c1. The summed E-state index contributed by atoms with van der Waals surface area (Å²) in [5.74, 6) is 0. The van der Waals surface area contributed by atoms with Gasteiger partial charge in [0.25, 0.3) is 5.69 Å². The van der Waals surface area contributed by atoms with E-state index in [1.807, 2.05) is 24.0 Å². The number of aromatic nitrogens is 2. The minimum Gasteiger partial charge on any atom is -0.383 e. The Kier molecular flexibility index (Phi) is 3.79. The van der Waals surface area contributed by atoms with E-state index in [0.29, 0.717) is 5.56 Å². The van der Waals surface area contributed by atoms with Gasteiger partial charge in [0.2, 0.25) is 0 Å². The van der Waals surface area contributed by atoms with Crippen molar-refractivity contribution in [1.29, 1.82) is 0 Å². The van der Waals surface area contributed by atoms with E-state index in [1.165, 1.54) is 6.07 Å². The molecule has 19 heavy (non-hydrogen) atoms. The summed E-state index contributed by atoms with van der Waals surface area (Å²) < 4.78 is 1.86. The molecule has 0 aliphatic carbocycles. The number of benzene rings is 1. The van der Waals surface area contributed by atoms with Gasteiger partial charge in [-0.15, -0.1) is 0 Å². The summed E-state index contributed by atoms with van der Waals surface area (Å²) in [6.45, 7) is 5.21. The lowest BCUT2D eigenvalue weighted by atomic mass is 10.2. The van der Waals surface area contributed by atoms with Crippen molar-refractivity contribution in [1.82, 2.24) is 9.78 Å². The van der Waals surface area contributed by atoms with E-state index in [-0.39, 0.29) is 10.6 Å². The van der Waals surface area contributed by atoms with Crippen LogP contribution in [-0.4, -0.2) is 21.2 Å². The van der Waals surface area contributed by atoms with Crippen LogP contribution in [0.1, 0.15) is 11.1 Å². The summed E-state index contributed by atoms with van der Waals surface area (Å²) in [4.78, 5) is 10.3. The molecule has 0 aliphatic heterocycles. The van der Waals surface area contributed by atoms with Gasteiger partial charge in [-0.1, -0.05) is 0 Å². The molecular weight excluding hydrogens is 244 g/mol. The standard InChI is InChI=1S/C13H16N4O2/c1-10-8-15-16(9-10)6-5-14-12-3-4-13(17(18)19)11(2)7-12/h3-4,7-9,14H,5-6H2,1-2H3. The number of nitrogens with one attached hydrogen (secondary N) is 1. The van der Waals surface area contributed by atoms with Crippen molar-refractivity contribution in [3.63, 3.8) is 0 Å². The second kappa shape index (κ2) is 5.51. The minimum atomic E-state index is -0.369. The highest BCUT2D eigenvalue weighted by Crippen LogP contribution is 2.21. The topological polar surface area (TPSA) is 73.0 Å². The zero-order valence-electron chi connectivity index (χ0n) is 11.0. The van der Waals surface area contributed by atoms with Crippen molar-refractivity contribution >= 4 is 11.4 Å². The number of anilines is 1. The summed E-state index contributed by atoms with van der Waals surface area (Å²) in [6.07, 6.45) is 3.79. The molecule has 0 bridgehead atoms. The molecule has 1 heterocycles. The van der Waals surface area contributed by atoms with E-state index >= 15 is 0 Å². The summed E-state index contributed by atoms with van der Waals surface area (Å²) in [5, 5.41) is 18.1. The number of nitrogens with zero attached hydrogens (tertiary/aromatic N) is 3. The first-order valence-electron chi connectivity index (χ1n) is 6.04. The lowest BCUT2D eigenvalue weighted by Gasteiger charge is -2.07. The molecule has 6 nitrogen and oxygen atoms in total. The molecule has 2 rings (SSSR count). The van der Waals surface area contributed by atoms with Gasteiger partial charge < -0.3 is 5.32 Å². The van der Waals surface area contributed by atoms with E-state index in [4.69, 9.17) is 0 Å². The van der Waals surface area contributed by atoms with Gasteiger partial charge in [0.05, 0.1) is 17.7 Å². The molecule has 1 aromatic carbocycles. The maximum atomic E-state index is 10.7. The first-order chi connectivity index (χ1) is 9.06. The Hall–Kier alpha value is -2.37. The Morgan fingerprint density at radius 3 is 2.79 bits per heavy atom. The van der Waals surface area contributed by atoms with Crippen molar-refractivity contribution in [3.8, 4) is 0 Å². The first-order valence-corrected chi connectivity index (χ1v) is 6.04. The molecule has 0 saturated heterocycles. The average molecular weight is 260 g/mol. The molecule has 0 unspecified atom stereocenters. The number of aryl methyl sites for hydroxylation is 2. The fourth-order valence-electron chi connectivity index (χ4n) is 1.87. The number of hydrogen-bond donors (Lipinski definition) is 1. The zero-order valence-corrected chi connectivity index (χ0v) is 11.0. The monoisotopic (exact) mass is 260 g/mol. The fraction of sp³-hybridized carbons (Fsp3) is 0.308. The van der Waals surface area contributed by atoms with Crippen LogP contribution in [0, 0.1) is 24.0 Å². The van der Waals surface area contributed by atoms with Gasteiger partial charge in [-0.05, 0) is 31.5 Å². The third-order valence-corrected chi connectivity index (χ3v) is 2.83. The molecule has 0 aliphatic rings. The third kappa shape index (κ3) is 3.31. The summed E-state index contributed by atoms with van der Waals surface area (Å²) in [6, 6.07) is 5.03. The van der Waals surface area contributed by atoms with E-state index in [2.05, 4.69) is 10.4 Å². The minimum absolute atomic E-state index is 0.147. The zero-order chi connectivity index (χ0) is 13.8. The van der Waals surface area contributed by atoms with Crippen LogP contribution in [0.15, 0.2) is 30.6 Å². The Morgan fingerprint density at radius 2 is 2.21 bits per heavy atom. The van der Waals surface area contributed by atoms with Gasteiger partial charge in [-0.3, -0.25) is 14.8 Å². The van der Waals surface area contributed by atoms with Crippen LogP contribution in [0.25, 0.3) is 0 Å². The average Bonchev–Trinajstić information content (AvgIpc) is 2.75. The lowest BCUT2D eigenvalue weighted by Crippen LogP contribution is -2.10. The molecule has 0 saturated carbocycles. The first kappa shape index (κ1) is 13.1. The van der Waals surface area contributed by atoms with Gasteiger partial charge in [-0.2, -0.15) is 5.10 Å². The molecule has 0 amide bonds. The summed E-state index contributed by atoms with van der Waals surface area (Å²) in [5.41, 5.74) is 2.82. The van der Waals surface area contributed by atoms with Crippen molar-refractivity contribution in [2.24, 2.45) is 0 Å². The predicted octanol–water partition coefficient (Wildman–Crippen LogP) is 2.52. The van der Waals surface area contributed by atoms with Crippen LogP contribution in [0.5, 0.6) is 0 Å². The number of rotatable bonds is 5. The maximum Gasteiger partial charge on any atom is 0.272 e. The number of nitro groups is 1. The molecule has 1 aromatic heterocycles. The Morgan fingerprint density at radius 1 is 1.42 bits per heavy atom. The molecule has 6 heteroatoms. The van der Waals surface area contributed by atoms with Gasteiger partial charge in [-0.25, -0.2) is 0 Å². The normalized spacial score (nSPS) is 10.4. The largest absolute Gasteiger partial charge is 0.383 e.